The maximum Gasteiger partial charge on any atom is 0.256 e. The largest absolute Gasteiger partial charge is 0.337 e. The first-order chi connectivity index (χ1) is 14.6. The molecule has 154 valence electrons. The first-order valence-corrected chi connectivity index (χ1v) is 11.4. The summed E-state index contributed by atoms with van der Waals surface area (Å²) in [6.07, 6.45) is 3.76. The lowest BCUT2D eigenvalue weighted by molar-refractivity contribution is 0.0773. The van der Waals surface area contributed by atoms with Gasteiger partial charge in [0.15, 0.2) is 0 Å². The molecule has 2 aliphatic rings. The van der Waals surface area contributed by atoms with Gasteiger partial charge in [-0.1, -0.05) is 24.3 Å². The van der Waals surface area contributed by atoms with Crippen LogP contribution in [0.4, 0.5) is 0 Å². The average molecular weight is 420 g/mol. The molecule has 30 heavy (non-hydrogen) atoms. The van der Waals surface area contributed by atoms with Gasteiger partial charge in [0.05, 0.1) is 5.56 Å². The number of fused-ring (bicyclic) bond motifs is 1. The summed E-state index contributed by atoms with van der Waals surface area (Å²) in [4.78, 5) is 30.2. The summed E-state index contributed by atoms with van der Waals surface area (Å²) in [5, 5.41) is 3.96. The van der Waals surface area contributed by atoms with Crippen LogP contribution in [0.25, 0.3) is 11.1 Å². The second-order valence-corrected chi connectivity index (χ2v) is 9.02. The number of benzene rings is 1. The van der Waals surface area contributed by atoms with Crippen molar-refractivity contribution in [2.24, 2.45) is 7.05 Å². The van der Waals surface area contributed by atoms with Gasteiger partial charge in [0.1, 0.15) is 0 Å². The molecule has 5 nitrogen and oxygen atoms in total. The van der Waals surface area contributed by atoms with Gasteiger partial charge in [0, 0.05) is 57.1 Å². The molecule has 5 rings (SSSR count). The van der Waals surface area contributed by atoms with E-state index in [0.717, 1.165) is 50.1 Å². The van der Waals surface area contributed by atoms with Crippen molar-refractivity contribution < 1.29 is 4.79 Å². The van der Waals surface area contributed by atoms with Crippen LogP contribution < -0.4 is 5.56 Å². The van der Waals surface area contributed by atoms with E-state index in [2.05, 4.69) is 29.2 Å². The van der Waals surface area contributed by atoms with Crippen molar-refractivity contribution in [1.82, 2.24) is 14.4 Å². The molecule has 1 atom stereocenters. The molecule has 1 saturated heterocycles. The topological polar surface area (TPSA) is 45.6 Å². The molecule has 6 heteroatoms. The minimum atomic E-state index is -0.0981. The fourth-order valence-corrected chi connectivity index (χ4v) is 5.34. The molecule has 1 amide bonds. The quantitative estimate of drug-likeness (QED) is 0.654. The van der Waals surface area contributed by atoms with E-state index in [9.17, 15) is 9.59 Å². The summed E-state index contributed by atoms with van der Waals surface area (Å²) in [6.45, 7) is 3.51. The fraction of sp³-hybridized carbons (Fsp3) is 0.333. The molecule has 0 saturated carbocycles. The Kier molecular flexibility index (Phi) is 5.05. The van der Waals surface area contributed by atoms with Crippen LogP contribution in [0.15, 0.2) is 58.1 Å². The predicted molar refractivity (Wildman–Crippen MR) is 120 cm³/mol. The third-order valence-electron chi connectivity index (χ3n) is 6.42. The highest BCUT2D eigenvalue weighted by atomic mass is 32.1. The number of amides is 1. The van der Waals surface area contributed by atoms with Crippen molar-refractivity contribution in [3.8, 4) is 11.1 Å². The van der Waals surface area contributed by atoms with E-state index in [1.165, 1.54) is 15.7 Å². The second-order valence-electron chi connectivity index (χ2n) is 8.24. The lowest BCUT2D eigenvalue weighted by Crippen LogP contribution is -2.41. The summed E-state index contributed by atoms with van der Waals surface area (Å²) in [6, 6.07) is 12.6. The maximum atomic E-state index is 13.4. The van der Waals surface area contributed by atoms with Crippen LogP contribution in [0, 0.1) is 0 Å². The van der Waals surface area contributed by atoms with Gasteiger partial charge in [0.2, 0.25) is 0 Å². The van der Waals surface area contributed by atoms with Crippen LogP contribution in [-0.4, -0.2) is 46.0 Å². The molecule has 0 bridgehead atoms. The third-order valence-corrected chi connectivity index (χ3v) is 7.10. The molecular weight excluding hydrogens is 394 g/mol. The van der Waals surface area contributed by atoms with E-state index in [1.807, 2.05) is 21.7 Å². The van der Waals surface area contributed by atoms with Crippen molar-refractivity contribution >= 4 is 17.2 Å². The third kappa shape index (κ3) is 3.50. The Morgan fingerprint density at radius 1 is 1.13 bits per heavy atom. The monoisotopic (exact) mass is 419 g/mol. The summed E-state index contributed by atoms with van der Waals surface area (Å²) in [5.41, 5.74) is 5.04. The van der Waals surface area contributed by atoms with Gasteiger partial charge in [-0.05, 0) is 46.4 Å². The molecule has 1 fully saturated rings. The van der Waals surface area contributed by atoms with Crippen LogP contribution in [-0.2, 0) is 20.0 Å². The molecule has 0 aliphatic carbocycles. The maximum absolute atomic E-state index is 13.4. The molecule has 0 radical (unpaired) electrons. The van der Waals surface area contributed by atoms with E-state index in [-0.39, 0.29) is 11.5 Å². The first-order valence-electron chi connectivity index (χ1n) is 10.4. The SMILES string of the molecule is Cn1cc(C(=O)N2CCC(N3CCc4ccccc4C3)C2)c(-c2ccsc2)cc1=O. The summed E-state index contributed by atoms with van der Waals surface area (Å²) in [5.74, 6) is 0.0201. The molecule has 1 aromatic carbocycles. The Bertz CT molecular complexity index is 1140. The molecule has 0 spiro atoms. The number of likely N-dealkylation sites (tertiary alicyclic amines) is 1. The minimum absolute atomic E-state index is 0.0201. The highest BCUT2D eigenvalue weighted by molar-refractivity contribution is 7.08. The Labute approximate surface area is 180 Å². The summed E-state index contributed by atoms with van der Waals surface area (Å²) in [7, 11) is 1.70. The van der Waals surface area contributed by atoms with Gasteiger partial charge in [-0.15, -0.1) is 0 Å². The van der Waals surface area contributed by atoms with Crippen LogP contribution in [0.5, 0.6) is 0 Å². The lowest BCUT2D eigenvalue weighted by atomic mass is 9.98. The molecule has 2 aliphatic heterocycles. The Morgan fingerprint density at radius 2 is 1.97 bits per heavy atom. The van der Waals surface area contributed by atoms with E-state index < -0.39 is 0 Å². The number of pyridine rings is 1. The molecule has 4 heterocycles. The predicted octanol–water partition coefficient (Wildman–Crippen LogP) is 3.39. The zero-order valence-electron chi connectivity index (χ0n) is 17.1. The lowest BCUT2D eigenvalue weighted by Gasteiger charge is -2.33. The van der Waals surface area contributed by atoms with Gasteiger partial charge in [-0.2, -0.15) is 11.3 Å². The summed E-state index contributed by atoms with van der Waals surface area (Å²) >= 11 is 1.57. The number of aromatic nitrogens is 1. The van der Waals surface area contributed by atoms with Gasteiger partial charge in [-0.3, -0.25) is 14.5 Å². The number of hydrogen-bond acceptors (Lipinski definition) is 4. The van der Waals surface area contributed by atoms with Gasteiger partial charge < -0.3 is 9.47 Å². The zero-order chi connectivity index (χ0) is 20.7. The molecule has 3 aromatic rings. The standard InChI is InChI=1S/C24H25N3O2S/c1-25-15-22(21(12-23(25)28)19-8-11-30-16-19)24(29)27-10-7-20(14-27)26-9-6-17-4-2-3-5-18(17)13-26/h2-5,8,11-12,15-16,20H,6-7,9-10,13-14H2,1H3. The normalized spacial score (nSPS) is 19.1. The van der Waals surface area contributed by atoms with E-state index in [1.54, 1.807) is 30.6 Å². The number of aryl methyl sites for hydroxylation is 1. The molecule has 0 N–H and O–H groups in total. The number of nitrogens with zero attached hydrogens (tertiary/aromatic N) is 3. The van der Waals surface area contributed by atoms with Crippen LogP contribution >= 0.6 is 11.3 Å². The Morgan fingerprint density at radius 3 is 2.77 bits per heavy atom. The molecular formula is C24H25N3O2S. The average Bonchev–Trinajstić information content (AvgIpc) is 3.47. The Hall–Kier alpha value is -2.70. The number of carbonyl (C=O) groups excluding carboxylic acids is 1. The fourth-order valence-electron chi connectivity index (χ4n) is 4.68. The minimum Gasteiger partial charge on any atom is -0.337 e. The number of thiophene rings is 1. The van der Waals surface area contributed by atoms with Gasteiger partial charge in [0.25, 0.3) is 11.5 Å². The summed E-state index contributed by atoms with van der Waals surface area (Å²) < 4.78 is 1.50. The number of carbonyl (C=O) groups is 1. The molecule has 1 unspecified atom stereocenters. The Balaban J connectivity index is 1.36. The number of hydrogen-bond donors (Lipinski definition) is 0. The zero-order valence-corrected chi connectivity index (χ0v) is 17.9. The van der Waals surface area contributed by atoms with Gasteiger partial charge in [-0.25, -0.2) is 0 Å². The first kappa shape index (κ1) is 19.3. The van der Waals surface area contributed by atoms with Crippen molar-refractivity contribution in [2.75, 3.05) is 19.6 Å². The highest BCUT2D eigenvalue weighted by Crippen LogP contribution is 2.29. The smallest absolute Gasteiger partial charge is 0.256 e. The highest BCUT2D eigenvalue weighted by Gasteiger charge is 2.33. The second kappa shape index (κ2) is 7.85. The molecule has 2 aromatic heterocycles. The number of rotatable bonds is 3. The van der Waals surface area contributed by atoms with Crippen molar-refractivity contribution in [1.29, 1.82) is 0 Å². The van der Waals surface area contributed by atoms with Crippen molar-refractivity contribution in [3.05, 3.63) is 80.4 Å². The van der Waals surface area contributed by atoms with E-state index >= 15 is 0 Å². The van der Waals surface area contributed by atoms with Gasteiger partial charge >= 0.3 is 0 Å². The van der Waals surface area contributed by atoms with Crippen molar-refractivity contribution in [3.63, 3.8) is 0 Å². The van der Waals surface area contributed by atoms with Crippen LogP contribution in [0.1, 0.15) is 27.9 Å². The van der Waals surface area contributed by atoms with Crippen molar-refractivity contribution in [2.45, 2.75) is 25.4 Å². The van der Waals surface area contributed by atoms with E-state index in [4.69, 9.17) is 0 Å². The van der Waals surface area contributed by atoms with E-state index in [0.29, 0.717) is 11.6 Å². The van der Waals surface area contributed by atoms with Crippen LogP contribution in [0.3, 0.4) is 0 Å². The van der Waals surface area contributed by atoms with Crippen LogP contribution in [0.2, 0.25) is 0 Å².